The van der Waals surface area contributed by atoms with E-state index in [4.69, 9.17) is 28.0 Å². The van der Waals surface area contributed by atoms with Crippen LogP contribution in [0.4, 0.5) is 0 Å². The minimum Gasteiger partial charge on any atom is -0.462 e. The van der Waals surface area contributed by atoms with E-state index in [-0.39, 0.29) is 0 Å². The summed E-state index contributed by atoms with van der Waals surface area (Å²) < 4.78 is 41.6. The van der Waals surface area contributed by atoms with Crippen molar-refractivity contribution in [1.29, 1.82) is 0 Å². The van der Waals surface area contributed by atoms with Crippen LogP contribution in [0.1, 0.15) is 11.9 Å². The molecule has 2 fully saturated rings. The Labute approximate surface area is 301 Å². The van der Waals surface area contributed by atoms with Crippen LogP contribution in [0, 0.1) is 0 Å². The van der Waals surface area contributed by atoms with Gasteiger partial charge >= 0.3 is 0 Å². The standard InChI is InChI=1S/C43H38O6P2/c1-7-19-32(20-8-1)42-44-31-38-39(47-42)40(48-50(34-23-11-3-12-24-34)35-25-13-4-14-26-35)41(43(46-38)45-33-21-9-2-10-22-33)49-51(36-27-15-5-16-28-36)37-29-17-6-18-30-37/h1-30,38-43H,31H2. The first-order chi connectivity index (χ1) is 25.3. The number of benzene rings is 6. The first-order valence-electron chi connectivity index (χ1n) is 17.1. The Morgan fingerprint density at radius 1 is 0.451 bits per heavy atom. The predicted molar refractivity (Wildman–Crippen MR) is 204 cm³/mol. The number of ether oxygens (including phenoxy) is 4. The zero-order valence-corrected chi connectivity index (χ0v) is 29.6. The maximum Gasteiger partial charge on any atom is 0.229 e. The number of hydrogen-bond acceptors (Lipinski definition) is 6. The van der Waals surface area contributed by atoms with Gasteiger partial charge in [0.25, 0.3) is 0 Å². The second-order valence-corrected chi connectivity index (χ2v) is 15.9. The molecule has 256 valence electrons. The van der Waals surface area contributed by atoms with Crippen molar-refractivity contribution in [1.82, 2.24) is 0 Å². The molecule has 0 radical (unpaired) electrons. The highest BCUT2D eigenvalue weighted by Crippen LogP contribution is 2.48. The second kappa shape index (κ2) is 16.4. The third kappa shape index (κ3) is 7.99. The van der Waals surface area contributed by atoms with Gasteiger partial charge in [-0.3, -0.25) is 0 Å². The molecule has 6 aromatic rings. The number of para-hydroxylation sites is 1. The predicted octanol–water partition coefficient (Wildman–Crippen LogP) is 7.77. The highest BCUT2D eigenvalue weighted by atomic mass is 31.1. The second-order valence-electron chi connectivity index (χ2n) is 12.2. The lowest BCUT2D eigenvalue weighted by Gasteiger charge is -2.50. The first-order valence-corrected chi connectivity index (χ1v) is 19.7. The van der Waals surface area contributed by atoms with E-state index in [0.29, 0.717) is 12.4 Å². The molecule has 0 saturated carbocycles. The van der Waals surface area contributed by atoms with E-state index >= 15 is 0 Å². The van der Waals surface area contributed by atoms with Gasteiger partial charge in [0.1, 0.15) is 24.1 Å². The number of hydrogen-bond donors (Lipinski definition) is 0. The van der Waals surface area contributed by atoms with Crippen LogP contribution >= 0.6 is 16.3 Å². The highest BCUT2D eigenvalue weighted by molar-refractivity contribution is 7.69. The third-order valence-corrected chi connectivity index (χ3v) is 12.7. The van der Waals surface area contributed by atoms with Gasteiger partial charge in [-0.1, -0.05) is 170 Å². The van der Waals surface area contributed by atoms with E-state index in [1.807, 2.05) is 109 Å². The summed E-state index contributed by atoms with van der Waals surface area (Å²) in [6, 6.07) is 61.2. The number of rotatable bonds is 11. The molecule has 6 aromatic carbocycles. The molecule has 2 heterocycles. The molecule has 0 N–H and O–H groups in total. The highest BCUT2D eigenvalue weighted by Gasteiger charge is 2.54. The smallest absolute Gasteiger partial charge is 0.229 e. The molecule has 0 aromatic heterocycles. The quantitative estimate of drug-likeness (QED) is 0.128. The van der Waals surface area contributed by atoms with Crippen LogP contribution in [0.2, 0.25) is 0 Å². The first kappa shape index (κ1) is 33.9. The van der Waals surface area contributed by atoms with Crippen LogP contribution in [0.15, 0.2) is 182 Å². The monoisotopic (exact) mass is 712 g/mol. The fourth-order valence-electron chi connectivity index (χ4n) is 6.33. The largest absolute Gasteiger partial charge is 0.462 e. The minimum atomic E-state index is -1.33. The topological polar surface area (TPSA) is 55.4 Å². The van der Waals surface area contributed by atoms with Crippen molar-refractivity contribution in [2.45, 2.75) is 37.0 Å². The fourth-order valence-corrected chi connectivity index (χ4v) is 10.1. The van der Waals surface area contributed by atoms with Crippen molar-refractivity contribution in [2.24, 2.45) is 0 Å². The van der Waals surface area contributed by atoms with E-state index < -0.39 is 53.3 Å². The van der Waals surface area contributed by atoms with Crippen molar-refractivity contribution >= 4 is 37.5 Å². The lowest BCUT2D eigenvalue weighted by Crippen LogP contribution is -2.64. The van der Waals surface area contributed by atoms with Gasteiger partial charge in [-0.25, -0.2) is 0 Å². The van der Waals surface area contributed by atoms with E-state index in [1.54, 1.807) is 0 Å². The molecule has 0 amide bonds. The molecule has 2 saturated heterocycles. The maximum atomic E-state index is 7.48. The molecule has 0 spiro atoms. The lowest BCUT2D eigenvalue weighted by atomic mass is 9.98. The molecule has 51 heavy (non-hydrogen) atoms. The Bertz CT molecular complexity index is 1840. The Morgan fingerprint density at radius 3 is 1.33 bits per heavy atom. The van der Waals surface area contributed by atoms with Crippen LogP contribution in [-0.2, 0) is 23.3 Å². The summed E-state index contributed by atoms with van der Waals surface area (Å²) in [6.45, 7) is 0.298. The van der Waals surface area contributed by atoms with Gasteiger partial charge in [-0.2, -0.15) is 0 Å². The molecule has 6 unspecified atom stereocenters. The summed E-state index contributed by atoms with van der Waals surface area (Å²) in [5.74, 6) is 0.672. The summed E-state index contributed by atoms with van der Waals surface area (Å²) in [5, 5.41) is 4.31. The van der Waals surface area contributed by atoms with Gasteiger partial charge in [0.2, 0.25) is 6.29 Å². The minimum absolute atomic E-state index is 0.298. The Morgan fingerprint density at radius 2 is 0.863 bits per heavy atom. The van der Waals surface area contributed by atoms with Crippen molar-refractivity contribution in [3.8, 4) is 5.75 Å². The van der Waals surface area contributed by atoms with Crippen LogP contribution in [0.5, 0.6) is 5.75 Å². The molecule has 8 heteroatoms. The van der Waals surface area contributed by atoms with Gasteiger partial charge in [-0.15, -0.1) is 0 Å². The molecule has 0 aliphatic carbocycles. The molecule has 6 nitrogen and oxygen atoms in total. The average Bonchev–Trinajstić information content (AvgIpc) is 3.21. The lowest BCUT2D eigenvalue weighted by molar-refractivity contribution is -0.342. The Balaban J connectivity index is 1.25. The van der Waals surface area contributed by atoms with Gasteiger partial charge in [0.15, 0.2) is 12.4 Å². The summed E-state index contributed by atoms with van der Waals surface area (Å²) in [6.07, 6.45) is -3.77. The van der Waals surface area contributed by atoms with Crippen LogP contribution in [0.3, 0.4) is 0 Å². The molecule has 0 bridgehead atoms. The van der Waals surface area contributed by atoms with Crippen molar-refractivity contribution < 1.29 is 28.0 Å². The molecular weight excluding hydrogens is 674 g/mol. The fraction of sp³-hybridized carbons (Fsp3) is 0.163. The third-order valence-electron chi connectivity index (χ3n) is 8.77. The van der Waals surface area contributed by atoms with E-state index in [0.717, 1.165) is 26.8 Å². The van der Waals surface area contributed by atoms with Gasteiger partial charge in [0.05, 0.1) is 22.9 Å². The zero-order chi connectivity index (χ0) is 34.2. The number of fused-ring (bicyclic) bond motifs is 1. The Hall–Kier alpha value is -4.22. The molecule has 6 atom stereocenters. The SMILES string of the molecule is c1ccc(OC2OC3COC(c4ccccc4)OC3C(OP(c3ccccc3)c3ccccc3)C2OP(c2ccccc2)c2ccccc2)cc1. The molecule has 2 aliphatic heterocycles. The van der Waals surface area contributed by atoms with E-state index in [1.165, 1.54) is 0 Å². The van der Waals surface area contributed by atoms with E-state index in [2.05, 4.69) is 72.8 Å². The Kier molecular flexibility index (Phi) is 10.9. The van der Waals surface area contributed by atoms with Crippen LogP contribution < -0.4 is 26.0 Å². The maximum absolute atomic E-state index is 7.48. The van der Waals surface area contributed by atoms with Gasteiger partial charge in [0, 0.05) is 26.8 Å². The molecular formula is C43H38O6P2. The summed E-state index contributed by atoms with van der Waals surface area (Å²) in [5.41, 5.74) is 0.930. The van der Waals surface area contributed by atoms with Crippen molar-refractivity contribution in [2.75, 3.05) is 6.61 Å². The zero-order valence-electron chi connectivity index (χ0n) is 27.8. The van der Waals surface area contributed by atoms with Crippen molar-refractivity contribution in [3.63, 3.8) is 0 Å². The molecule has 8 rings (SSSR count). The summed E-state index contributed by atoms with van der Waals surface area (Å²) in [4.78, 5) is 0. The van der Waals surface area contributed by atoms with Crippen LogP contribution in [-0.4, -0.2) is 37.3 Å². The van der Waals surface area contributed by atoms with Crippen LogP contribution in [0.25, 0.3) is 0 Å². The summed E-state index contributed by atoms with van der Waals surface area (Å²) in [7, 11) is -2.65. The van der Waals surface area contributed by atoms with Gasteiger partial charge in [-0.05, 0) is 12.1 Å². The normalized spacial score (nSPS) is 23.1. The van der Waals surface area contributed by atoms with Gasteiger partial charge < -0.3 is 28.0 Å². The molecule has 2 aliphatic rings. The average molecular weight is 713 g/mol. The van der Waals surface area contributed by atoms with E-state index in [9.17, 15) is 0 Å². The summed E-state index contributed by atoms with van der Waals surface area (Å²) >= 11 is 0. The van der Waals surface area contributed by atoms with Crippen molar-refractivity contribution in [3.05, 3.63) is 188 Å².